The van der Waals surface area contributed by atoms with Crippen molar-refractivity contribution in [3.63, 3.8) is 0 Å². The van der Waals surface area contributed by atoms with Gasteiger partial charge in [-0.2, -0.15) is 0 Å². The van der Waals surface area contributed by atoms with Crippen molar-refractivity contribution >= 4 is 23.5 Å². The van der Waals surface area contributed by atoms with Crippen LogP contribution in [-0.2, 0) is 0 Å². The van der Waals surface area contributed by atoms with E-state index in [9.17, 15) is 10.1 Å². The molecule has 0 fully saturated rings. The molecular weight excluding hydrogens is 234 g/mol. The molecule has 0 heterocycles. The Morgan fingerprint density at radius 2 is 2.06 bits per heavy atom. The van der Waals surface area contributed by atoms with E-state index in [1.807, 2.05) is 26.0 Å². The number of allylic oxidation sites excluding steroid dienone is 1. The molecule has 92 valence electrons. The number of hydrogen-bond donors (Lipinski definition) is 0. The molecule has 0 spiro atoms. The molecule has 0 atom stereocenters. The average molecular weight is 251 g/mol. The van der Waals surface area contributed by atoms with E-state index in [1.165, 1.54) is 0 Å². The molecule has 0 unspecified atom stereocenters. The monoisotopic (exact) mass is 251 g/mol. The minimum absolute atomic E-state index is 0.144. The van der Waals surface area contributed by atoms with Gasteiger partial charge in [0.25, 0.3) is 5.69 Å². The predicted octanol–water partition coefficient (Wildman–Crippen LogP) is 4.52. The number of rotatable bonds is 4. The van der Waals surface area contributed by atoms with Gasteiger partial charge in [-0.1, -0.05) is 25.5 Å². The third kappa shape index (κ3) is 4.23. The summed E-state index contributed by atoms with van der Waals surface area (Å²) in [6, 6.07) is 5.03. The lowest BCUT2D eigenvalue weighted by Gasteiger charge is -2.08. The van der Waals surface area contributed by atoms with E-state index < -0.39 is 0 Å². The Morgan fingerprint density at radius 1 is 1.41 bits per heavy atom. The molecule has 17 heavy (non-hydrogen) atoms. The highest BCUT2D eigenvalue weighted by molar-refractivity contribution is 8.00. The number of thioether (sulfide) groups is 1. The molecule has 0 aromatic heterocycles. The molecule has 0 aliphatic carbocycles. The first kappa shape index (κ1) is 13.8. The summed E-state index contributed by atoms with van der Waals surface area (Å²) in [5.74, 6) is 0. The third-order valence-corrected chi connectivity index (χ3v) is 3.11. The van der Waals surface area contributed by atoms with Crippen LogP contribution in [0.4, 0.5) is 5.69 Å². The normalized spacial score (nSPS) is 10.4. The zero-order valence-electron chi connectivity index (χ0n) is 10.6. The second-order valence-electron chi connectivity index (χ2n) is 4.37. The van der Waals surface area contributed by atoms with Gasteiger partial charge in [0.15, 0.2) is 0 Å². The van der Waals surface area contributed by atoms with Crippen LogP contribution in [0, 0.1) is 10.1 Å². The standard InChI is InChI=1S/C13H17NO2S/c1-9(2)7-11-8-12(14(15)16)5-6-13(11)17-10(3)4/h5-8,10H,1-4H3. The van der Waals surface area contributed by atoms with Crippen LogP contribution in [0.15, 0.2) is 28.7 Å². The van der Waals surface area contributed by atoms with Crippen LogP contribution in [0.1, 0.15) is 33.3 Å². The summed E-state index contributed by atoms with van der Waals surface area (Å²) in [4.78, 5) is 11.5. The molecule has 1 aromatic carbocycles. The van der Waals surface area contributed by atoms with Gasteiger partial charge in [-0.3, -0.25) is 10.1 Å². The Labute approximate surface area is 106 Å². The third-order valence-electron chi connectivity index (χ3n) is 2.01. The Bertz CT molecular complexity index is 449. The molecule has 1 aromatic rings. The zero-order chi connectivity index (χ0) is 13.0. The fourth-order valence-corrected chi connectivity index (χ4v) is 2.34. The van der Waals surface area contributed by atoms with E-state index in [1.54, 1.807) is 23.9 Å². The van der Waals surface area contributed by atoms with E-state index in [0.717, 1.165) is 16.0 Å². The van der Waals surface area contributed by atoms with Gasteiger partial charge in [-0.05, 0) is 25.5 Å². The van der Waals surface area contributed by atoms with Gasteiger partial charge in [0.2, 0.25) is 0 Å². The lowest BCUT2D eigenvalue weighted by Crippen LogP contribution is -1.92. The number of nitro benzene ring substituents is 1. The summed E-state index contributed by atoms with van der Waals surface area (Å²) in [5, 5.41) is 11.2. The summed E-state index contributed by atoms with van der Waals surface area (Å²) >= 11 is 1.72. The topological polar surface area (TPSA) is 43.1 Å². The largest absolute Gasteiger partial charge is 0.270 e. The van der Waals surface area contributed by atoms with Crippen molar-refractivity contribution in [3.05, 3.63) is 39.4 Å². The Balaban J connectivity index is 3.21. The maximum atomic E-state index is 10.8. The summed E-state index contributed by atoms with van der Waals surface area (Å²) in [6.45, 7) is 8.20. The average Bonchev–Trinajstić information content (AvgIpc) is 2.18. The Hall–Kier alpha value is -1.29. The van der Waals surface area contributed by atoms with Crippen molar-refractivity contribution in [3.8, 4) is 0 Å². The van der Waals surface area contributed by atoms with Gasteiger partial charge >= 0.3 is 0 Å². The molecule has 0 aliphatic heterocycles. The minimum atomic E-state index is -0.355. The maximum Gasteiger partial charge on any atom is 0.270 e. The van der Waals surface area contributed by atoms with E-state index in [0.29, 0.717) is 5.25 Å². The van der Waals surface area contributed by atoms with E-state index in [-0.39, 0.29) is 10.6 Å². The Morgan fingerprint density at radius 3 is 2.53 bits per heavy atom. The fourth-order valence-electron chi connectivity index (χ4n) is 1.43. The molecular formula is C13H17NO2S. The summed E-state index contributed by atoms with van der Waals surface area (Å²) < 4.78 is 0. The molecule has 0 radical (unpaired) electrons. The number of nitrogens with zero attached hydrogens (tertiary/aromatic N) is 1. The van der Waals surface area contributed by atoms with Gasteiger partial charge in [-0.15, -0.1) is 11.8 Å². The van der Waals surface area contributed by atoms with Gasteiger partial charge in [-0.25, -0.2) is 0 Å². The van der Waals surface area contributed by atoms with Crippen LogP contribution >= 0.6 is 11.8 Å². The molecule has 0 saturated heterocycles. The number of benzene rings is 1. The van der Waals surface area contributed by atoms with E-state index >= 15 is 0 Å². The number of hydrogen-bond acceptors (Lipinski definition) is 3. The molecule has 4 heteroatoms. The van der Waals surface area contributed by atoms with Crippen molar-refractivity contribution in [2.45, 2.75) is 37.8 Å². The summed E-state index contributed by atoms with van der Waals surface area (Å²) in [7, 11) is 0. The van der Waals surface area contributed by atoms with Crippen LogP contribution < -0.4 is 0 Å². The molecule has 0 saturated carbocycles. The van der Waals surface area contributed by atoms with Crippen LogP contribution in [0.25, 0.3) is 6.08 Å². The molecule has 0 bridgehead atoms. The van der Waals surface area contributed by atoms with Crippen molar-refractivity contribution in [1.29, 1.82) is 0 Å². The lowest BCUT2D eigenvalue weighted by atomic mass is 10.1. The van der Waals surface area contributed by atoms with Gasteiger partial charge in [0.1, 0.15) is 0 Å². The van der Waals surface area contributed by atoms with Crippen molar-refractivity contribution in [2.24, 2.45) is 0 Å². The zero-order valence-corrected chi connectivity index (χ0v) is 11.4. The quantitative estimate of drug-likeness (QED) is 0.449. The fraction of sp³-hybridized carbons (Fsp3) is 0.385. The smallest absolute Gasteiger partial charge is 0.258 e. The molecule has 1 rings (SSSR count). The number of non-ortho nitro benzene ring substituents is 1. The highest BCUT2D eigenvalue weighted by Crippen LogP contribution is 2.30. The highest BCUT2D eigenvalue weighted by Gasteiger charge is 2.10. The molecule has 0 aliphatic rings. The predicted molar refractivity (Wildman–Crippen MR) is 73.4 cm³/mol. The molecule has 0 N–H and O–H groups in total. The SMILES string of the molecule is CC(C)=Cc1cc([N+](=O)[O-])ccc1SC(C)C. The molecule has 0 amide bonds. The second-order valence-corrected chi connectivity index (χ2v) is 5.99. The van der Waals surface area contributed by atoms with Crippen LogP contribution in [-0.4, -0.2) is 10.2 Å². The highest BCUT2D eigenvalue weighted by atomic mass is 32.2. The van der Waals surface area contributed by atoms with Crippen molar-refractivity contribution in [1.82, 2.24) is 0 Å². The number of nitro groups is 1. The van der Waals surface area contributed by atoms with Crippen LogP contribution in [0.3, 0.4) is 0 Å². The van der Waals surface area contributed by atoms with Crippen LogP contribution in [0.2, 0.25) is 0 Å². The first-order chi connectivity index (χ1) is 7.90. The van der Waals surface area contributed by atoms with Crippen molar-refractivity contribution < 1.29 is 4.92 Å². The van der Waals surface area contributed by atoms with Crippen molar-refractivity contribution in [2.75, 3.05) is 0 Å². The lowest BCUT2D eigenvalue weighted by molar-refractivity contribution is -0.384. The molecule has 3 nitrogen and oxygen atoms in total. The first-order valence-electron chi connectivity index (χ1n) is 5.50. The van der Waals surface area contributed by atoms with E-state index in [2.05, 4.69) is 13.8 Å². The van der Waals surface area contributed by atoms with Gasteiger partial charge in [0.05, 0.1) is 4.92 Å². The minimum Gasteiger partial charge on any atom is -0.258 e. The van der Waals surface area contributed by atoms with Gasteiger partial charge in [0, 0.05) is 22.3 Å². The maximum absolute atomic E-state index is 10.8. The summed E-state index contributed by atoms with van der Waals surface area (Å²) in [6.07, 6.45) is 1.98. The first-order valence-corrected chi connectivity index (χ1v) is 6.38. The second kappa shape index (κ2) is 5.87. The van der Waals surface area contributed by atoms with E-state index in [4.69, 9.17) is 0 Å². The summed E-state index contributed by atoms with van der Waals surface area (Å²) in [5.41, 5.74) is 2.21. The van der Waals surface area contributed by atoms with Gasteiger partial charge < -0.3 is 0 Å². The Kier molecular flexibility index (Phi) is 4.75. The van der Waals surface area contributed by atoms with Crippen LogP contribution in [0.5, 0.6) is 0 Å².